The largest absolute Gasteiger partial charge is 0.450 e. The number of H-pyrrole nitrogens is 1. The van der Waals surface area contributed by atoms with Crippen molar-refractivity contribution in [3.63, 3.8) is 0 Å². The van der Waals surface area contributed by atoms with Crippen LogP contribution in [0.5, 0.6) is 11.5 Å². The first-order chi connectivity index (χ1) is 15.2. The predicted molar refractivity (Wildman–Crippen MR) is 109 cm³/mol. The monoisotopic (exact) mass is 445 g/mol. The van der Waals surface area contributed by atoms with Crippen LogP contribution in [0.1, 0.15) is 12.5 Å². The molecule has 0 aliphatic rings. The number of ether oxygens (including phenoxy) is 1. The zero-order valence-corrected chi connectivity index (χ0v) is 16.4. The van der Waals surface area contributed by atoms with Crippen molar-refractivity contribution in [3.8, 4) is 11.5 Å². The van der Waals surface area contributed by atoms with Crippen molar-refractivity contribution < 1.29 is 27.1 Å². The molecule has 2 amide bonds. The highest BCUT2D eigenvalue weighted by Crippen LogP contribution is 2.40. The zero-order valence-electron chi connectivity index (χ0n) is 16.4. The molecular weight excluding hydrogens is 430 g/mol. The second kappa shape index (κ2) is 8.17. The topological polar surface area (TPSA) is 91.9 Å². The van der Waals surface area contributed by atoms with E-state index in [1.165, 1.54) is 24.7 Å². The average molecular weight is 445 g/mol. The van der Waals surface area contributed by atoms with Gasteiger partial charge in [0.2, 0.25) is 0 Å². The summed E-state index contributed by atoms with van der Waals surface area (Å²) >= 11 is 0. The van der Waals surface area contributed by atoms with Gasteiger partial charge in [-0.25, -0.2) is 27.3 Å². The molecule has 0 bridgehead atoms. The fraction of sp³-hybridized carbons (Fsp3) is 0.0952. The number of hydrogen-bond acceptors (Lipinski definition) is 4. The lowest BCUT2D eigenvalue weighted by molar-refractivity contribution is 0.0190. The van der Waals surface area contributed by atoms with Gasteiger partial charge < -0.3 is 20.4 Å². The summed E-state index contributed by atoms with van der Waals surface area (Å²) in [6.45, 7) is 0.685. The second-order valence-electron chi connectivity index (χ2n) is 6.82. The molecule has 3 heterocycles. The Labute approximate surface area is 178 Å². The molecular formula is C21H15F4N5O2. The highest BCUT2D eigenvalue weighted by molar-refractivity contribution is 5.99. The molecule has 3 aromatic heterocycles. The van der Waals surface area contributed by atoms with E-state index in [-0.39, 0.29) is 22.5 Å². The second-order valence-corrected chi connectivity index (χ2v) is 6.82. The lowest BCUT2D eigenvalue weighted by Crippen LogP contribution is -2.19. The van der Waals surface area contributed by atoms with Gasteiger partial charge in [-0.3, -0.25) is 4.98 Å². The molecule has 0 fully saturated rings. The Morgan fingerprint density at radius 2 is 1.81 bits per heavy atom. The van der Waals surface area contributed by atoms with Crippen LogP contribution in [0.4, 0.5) is 33.7 Å². The number of pyridine rings is 2. The Morgan fingerprint density at radius 3 is 2.47 bits per heavy atom. The predicted octanol–water partition coefficient (Wildman–Crippen LogP) is 5.78. The number of benzene rings is 1. The quantitative estimate of drug-likeness (QED) is 0.340. The third-order valence-electron chi connectivity index (χ3n) is 4.40. The van der Waals surface area contributed by atoms with E-state index in [1.807, 2.05) is 0 Å². The van der Waals surface area contributed by atoms with E-state index in [1.54, 1.807) is 12.1 Å². The standard InChI is InChI=1S/C21H15F4N5O2/c1-21(24,25)13-10-28-19-17(13)16(4-6-27-19)32-18-14(22)7-12(8-15(18)23)30-20(31)29-11-3-2-5-26-9-11/h2-10H,1H3,(H,27,28)(H2,29,30,31). The molecule has 0 saturated carbocycles. The first-order valence-corrected chi connectivity index (χ1v) is 9.21. The number of rotatable bonds is 5. The lowest BCUT2D eigenvalue weighted by Gasteiger charge is -2.14. The van der Waals surface area contributed by atoms with E-state index >= 15 is 0 Å². The normalized spacial score (nSPS) is 11.4. The summed E-state index contributed by atoms with van der Waals surface area (Å²) in [6, 6.07) is 5.33. The summed E-state index contributed by atoms with van der Waals surface area (Å²) in [5.74, 6) is -6.56. The molecule has 0 atom stereocenters. The van der Waals surface area contributed by atoms with E-state index < -0.39 is 34.9 Å². The van der Waals surface area contributed by atoms with Gasteiger partial charge in [0.05, 0.1) is 22.8 Å². The van der Waals surface area contributed by atoms with Crippen molar-refractivity contribution >= 4 is 28.4 Å². The van der Waals surface area contributed by atoms with Crippen molar-refractivity contribution in [2.75, 3.05) is 10.6 Å². The van der Waals surface area contributed by atoms with Gasteiger partial charge in [-0.1, -0.05) is 0 Å². The number of hydrogen-bond donors (Lipinski definition) is 3. The number of fused-ring (bicyclic) bond motifs is 1. The maximum atomic E-state index is 14.6. The van der Waals surface area contributed by atoms with Crippen LogP contribution in [-0.4, -0.2) is 21.0 Å². The maximum absolute atomic E-state index is 14.6. The number of alkyl halides is 2. The van der Waals surface area contributed by atoms with Crippen LogP contribution >= 0.6 is 0 Å². The molecule has 3 N–H and O–H groups in total. The van der Waals surface area contributed by atoms with E-state index in [2.05, 4.69) is 25.6 Å². The molecule has 0 saturated heterocycles. The van der Waals surface area contributed by atoms with Gasteiger partial charge in [-0.05, 0) is 18.2 Å². The molecule has 0 spiro atoms. The molecule has 7 nitrogen and oxygen atoms in total. The number of halogens is 4. The van der Waals surface area contributed by atoms with Crippen molar-refractivity contribution in [1.82, 2.24) is 15.0 Å². The van der Waals surface area contributed by atoms with Crippen molar-refractivity contribution in [1.29, 1.82) is 0 Å². The third-order valence-corrected chi connectivity index (χ3v) is 4.40. The fourth-order valence-electron chi connectivity index (χ4n) is 3.03. The van der Waals surface area contributed by atoms with Gasteiger partial charge in [-0.2, -0.15) is 0 Å². The van der Waals surface area contributed by atoms with Crippen LogP contribution in [0.25, 0.3) is 11.0 Å². The summed E-state index contributed by atoms with van der Waals surface area (Å²) in [6.07, 6.45) is 5.22. The minimum absolute atomic E-state index is 0.0743. The molecule has 0 aliphatic carbocycles. The van der Waals surface area contributed by atoms with Gasteiger partial charge in [0.15, 0.2) is 17.4 Å². The van der Waals surface area contributed by atoms with Crippen molar-refractivity contribution in [3.05, 3.63) is 72.3 Å². The maximum Gasteiger partial charge on any atom is 0.323 e. The van der Waals surface area contributed by atoms with Crippen LogP contribution < -0.4 is 15.4 Å². The lowest BCUT2D eigenvalue weighted by atomic mass is 10.1. The number of nitrogens with one attached hydrogen (secondary N) is 3. The van der Waals surface area contributed by atoms with E-state index in [0.29, 0.717) is 12.6 Å². The number of carbonyl (C=O) groups is 1. The number of amides is 2. The number of anilines is 2. The molecule has 1 aromatic carbocycles. The van der Waals surface area contributed by atoms with Gasteiger partial charge >= 0.3 is 6.03 Å². The zero-order chi connectivity index (χ0) is 22.9. The minimum atomic E-state index is -3.24. The van der Waals surface area contributed by atoms with Crippen LogP contribution in [0.3, 0.4) is 0 Å². The Morgan fingerprint density at radius 1 is 1.09 bits per heavy atom. The fourth-order valence-corrected chi connectivity index (χ4v) is 3.03. The summed E-state index contributed by atoms with van der Waals surface area (Å²) in [4.78, 5) is 22.4. The SMILES string of the molecule is CC(F)(F)c1c[nH]c2nccc(Oc3c(F)cc(NC(=O)Nc4cccnc4)cc3F)c12. The van der Waals surface area contributed by atoms with Crippen LogP contribution in [0.15, 0.2) is 55.1 Å². The van der Waals surface area contributed by atoms with Gasteiger partial charge in [0.25, 0.3) is 5.92 Å². The van der Waals surface area contributed by atoms with Crippen LogP contribution in [0, 0.1) is 11.6 Å². The number of nitrogens with zero attached hydrogens (tertiary/aromatic N) is 2. The molecule has 11 heteroatoms. The van der Waals surface area contributed by atoms with Crippen molar-refractivity contribution in [2.24, 2.45) is 0 Å². The van der Waals surface area contributed by atoms with Crippen molar-refractivity contribution in [2.45, 2.75) is 12.8 Å². The number of aromatic amines is 1. The van der Waals surface area contributed by atoms with E-state index in [0.717, 1.165) is 18.3 Å². The van der Waals surface area contributed by atoms with Gasteiger partial charge in [0.1, 0.15) is 11.4 Å². The highest BCUT2D eigenvalue weighted by atomic mass is 19.3. The minimum Gasteiger partial charge on any atom is -0.450 e. The summed E-state index contributed by atoms with van der Waals surface area (Å²) < 4.78 is 62.4. The van der Waals surface area contributed by atoms with E-state index in [9.17, 15) is 22.4 Å². The molecule has 32 heavy (non-hydrogen) atoms. The van der Waals surface area contributed by atoms with Gasteiger partial charge in [-0.15, -0.1) is 0 Å². The first kappa shape index (κ1) is 21.1. The molecule has 164 valence electrons. The Hall–Kier alpha value is -4.15. The Balaban J connectivity index is 1.60. The Bertz CT molecular complexity index is 1270. The van der Waals surface area contributed by atoms with Gasteiger partial charge in [0, 0.05) is 43.3 Å². The van der Waals surface area contributed by atoms with Crippen LogP contribution in [-0.2, 0) is 5.92 Å². The molecule has 0 radical (unpaired) electrons. The van der Waals surface area contributed by atoms with E-state index in [4.69, 9.17) is 4.74 Å². The number of carbonyl (C=O) groups excluding carboxylic acids is 1. The number of aromatic nitrogens is 3. The van der Waals surface area contributed by atoms with Crippen LogP contribution in [0.2, 0.25) is 0 Å². The Kier molecular flexibility index (Phi) is 5.39. The first-order valence-electron chi connectivity index (χ1n) is 9.21. The molecule has 0 unspecified atom stereocenters. The highest BCUT2D eigenvalue weighted by Gasteiger charge is 2.30. The summed E-state index contributed by atoms with van der Waals surface area (Å²) in [5, 5.41) is 4.64. The molecule has 4 rings (SSSR count). The number of urea groups is 1. The molecule has 4 aromatic rings. The average Bonchev–Trinajstić information content (AvgIpc) is 3.17. The smallest absolute Gasteiger partial charge is 0.323 e. The third kappa shape index (κ3) is 4.31. The molecule has 0 aliphatic heterocycles. The summed E-state index contributed by atoms with van der Waals surface area (Å²) in [5.41, 5.74) is -0.161. The summed E-state index contributed by atoms with van der Waals surface area (Å²) in [7, 11) is 0.